The number of hydrogen-bond acceptors (Lipinski definition) is 12. The van der Waals surface area contributed by atoms with E-state index in [1.807, 2.05) is 13.0 Å². The zero-order valence-electron chi connectivity index (χ0n) is 55.7. The minimum atomic E-state index is -1.38. The van der Waals surface area contributed by atoms with Gasteiger partial charge >= 0.3 is 17.6 Å². The summed E-state index contributed by atoms with van der Waals surface area (Å²) in [6.07, 6.45) is 27.9. The molecule has 8 bridgehead atoms. The average Bonchev–Trinajstić information content (AvgIpc) is 1.64. The molecule has 0 saturated heterocycles. The third-order valence-electron chi connectivity index (χ3n) is 27.9. The molecule has 12 nitrogen and oxygen atoms in total. The highest BCUT2D eigenvalue weighted by atomic mass is 16.6. The predicted molar refractivity (Wildman–Crippen MR) is 370 cm³/mol. The van der Waals surface area contributed by atoms with Crippen molar-refractivity contribution >= 4 is 35.1 Å². The fourth-order valence-corrected chi connectivity index (χ4v) is 24.1. The van der Waals surface area contributed by atoms with E-state index in [4.69, 9.17) is 23.4 Å². The highest BCUT2D eigenvalue weighted by Crippen LogP contribution is 2.73. The number of ether oxygens (including phenoxy) is 4. The van der Waals surface area contributed by atoms with E-state index in [9.17, 15) is 20.4 Å². The van der Waals surface area contributed by atoms with Crippen molar-refractivity contribution in [1.29, 1.82) is 0 Å². The maximum Gasteiger partial charge on any atom is 0.340 e. The van der Waals surface area contributed by atoms with E-state index in [0.29, 0.717) is 53.4 Å². The van der Waals surface area contributed by atoms with Crippen LogP contribution in [0.4, 0.5) is 0 Å². The Hall–Kier alpha value is -7.19. The molecule has 4 fully saturated rings. The predicted octanol–water partition coefficient (Wildman–Crippen LogP) is 15.4. The largest absolute Gasteiger partial charge is 0.482 e. The van der Waals surface area contributed by atoms with E-state index in [1.165, 1.54) is 68.5 Å². The van der Waals surface area contributed by atoms with Crippen molar-refractivity contribution < 1.29 is 53.4 Å². The molecule has 0 amide bonds. The van der Waals surface area contributed by atoms with Crippen LogP contribution in [0.25, 0.3) is 23.1 Å². The Kier molecular flexibility index (Phi) is 15.2. The van der Waals surface area contributed by atoms with E-state index < -0.39 is 60.1 Å². The summed E-state index contributed by atoms with van der Waals surface area (Å²) in [4.78, 5) is 48.0. The van der Waals surface area contributed by atoms with E-state index >= 15 is 14.4 Å². The lowest BCUT2D eigenvalue weighted by molar-refractivity contribution is -0.222. The molecule has 0 radical (unpaired) electrons. The third-order valence-corrected chi connectivity index (χ3v) is 27.9. The molecule has 0 unspecified atom stereocenters. The van der Waals surface area contributed by atoms with Gasteiger partial charge in [0.25, 0.3) is 0 Å². The number of aliphatic hydroxyl groups excluding tert-OH is 4. The van der Waals surface area contributed by atoms with Crippen molar-refractivity contribution in [2.75, 3.05) is 26.6 Å². The van der Waals surface area contributed by atoms with Crippen LogP contribution in [0.5, 0.6) is 5.75 Å². The monoisotopic (exact) mass is 1300 g/mol. The maximum absolute atomic E-state index is 16.5. The minimum absolute atomic E-state index is 0.000111. The Bertz CT molecular complexity index is 4390. The van der Waals surface area contributed by atoms with Crippen LogP contribution in [0.1, 0.15) is 236 Å². The number of esters is 2. The molecule has 16 atom stereocenters. The van der Waals surface area contributed by atoms with Gasteiger partial charge in [0.2, 0.25) is 0 Å². The SMILES string of the molecule is C/C(CO)=C1\C[C@@H]2c3ccc4cc3[C@@H](CC23CCCC3)C[C@@]23CCC[C@]5(Oc6ccc7c(CO)c([C@H](CCO)COCO)c(=O)oc7c6[C@@H](OC(=O)C[C@@H]6C[C@@H](c7cccc8c7CC[C@@H]7CCC[C@H]9C=Cc%10ccccc%10[C@@]879)C=C[C@@H]46)[C@@H]5OC1=O)[C@@H]2C[C@H]1c2ccccc2C=C[C@@H]13. The summed E-state index contributed by atoms with van der Waals surface area (Å²) >= 11 is 0. The number of aliphatic hydroxyl groups is 4. The first-order valence-corrected chi connectivity index (χ1v) is 36.8. The summed E-state index contributed by atoms with van der Waals surface area (Å²) in [6, 6.07) is 36.0. The molecule has 6 aromatic rings. The zero-order valence-corrected chi connectivity index (χ0v) is 55.7. The topological polar surface area (TPSA) is 182 Å². The van der Waals surface area contributed by atoms with Crippen molar-refractivity contribution in [2.45, 2.75) is 194 Å². The molecule has 502 valence electrons. The van der Waals surface area contributed by atoms with Crippen LogP contribution in [0.3, 0.4) is 0 Å². The molecule has 12 heteroatoms. The van der Waals surface area contributed by atoms with Gasteiger partial charge in [-0.25, -0.2) is 9.59 Å². The Morgan fingerprint density at radius 1 is 0.732 bits per heavy atom. The first-order chi connectivity index (χ1) is 47.4. The molecule has 4 heterocycles. The summed E-state index contributed by atoms with van der Waals surface area (Å²) in [5.41, 5.74) is 12.3. The molecule has 9 aliphatic carbocycles. The number of rotatable bonds is 9. The van der Waals surface area contributed by atoms with Gasteiger partial charge in [-0.1, -0.05) is 141 Å². The van der Waals surface area contributed by atoms with Gasteiger partial charge in [0.15, 0.2) is 17.8 Å². The molecular formula is C85H90O12. The summed E-state index contributed by atoms with van der Waals surface area (Å²) in [6.45, 7) is -0.159. The number of benzene rings is 5. The van der Waals surface area contributed by atoms with E-state index in [0.717, 1.165) is 77.0 Å². The number of allylic oxidation sites excluding steroid dienone is 4. The first kappa shape index (κ1) is 62.1. The van der Waals surface area contributed by atoms with Crippen molar-refractivity contribution in [3.8, 4) is 5.75 Å². The molecular weight excluding hydrogens is 1210 g/mol. The number of hydrogen-bond donors (Lipinski definition) is 4. The lowest BCUT2D eigenvalue weighted by Gasteiger charge is -2.59. The van der Waals surface area contributed by atoms with Gasteiger partial charge in [0.1, 0.15) is 18.1 Å². The fraction of sp³-hybridized carbons (Fsp3) is 0.494. The number of carbonyl (C=O) groups excluding carboxylic acids is 2. The van der Waals surface area contributed by atoms with E-state index in [-0.39, 0.29) is 113 Å². The lowest BCUT2D eigenvalue weighted by atomic mass is 9.48. The zero-order chi connectivity index (χ0) is 65.7. The van der Waals surface area contributed by atoms with Crippen LogP contribution in [-0.2, 0) is 42.2 Å². The first-order valence-electron chi connectivity index (χ1n) is 36.8. The van der Waals surface area contributed by atoms with Crippen LogP contribution < -0.4 is 10.4 Å². The van der Waals surface area contributed by atoms with Crippen LogP contribution in [0.15, 0.2) is 142 Å². The van der Waals surface area contributed by atoms with Crippen LogP contribution in [-0.4, -0.2) is 70.7 Å². The molecule has 3 aliphatic heterocycles. The smallest absolute Gasteiger partial charge is 0.340 e. The second-order valence-corrected chi connectivity index (χ2v) is 31.7. The van der Waals surface area contributed by atoms with Gasteiger partial charge in [0, 0.05) is 58.6 Å². The molecule has 18 rings (SSSR count). The minimum Gasteiger partial charge on any atom is -0.482 e. The van der Waals surface area contributed by atoms with Crippen LogP contribution >= 0.6 is 0 Å². The molecule has 5 aromatic carbocycles. The quantitative estimate of drug-likeness (QED) is 0.0354. The Labute approximate surface area is 567 Å². The second kappa shape index (κ2) is 23.7. The normalized spacial score (nSPS) is 34.3. The highest BCUT2D eigenvalue weighted by molar-refractivity contribution is 5.91. The Morgan fingerprint density at radius 3 is 2.40 bits per heavy atom. The fourth-order valence-electron chi connectivity index (χ4n) is 24.1. The molecule has 4 N–H and O–H groups in total. The van der Waals surface area contributed by atoms with Crippen molar-refractivity contribution in [2.24, 2.45) is 40.4 Å². The van der Waals surface area contributed by atoms with Gasteiger partial charge in [-0.2, -0.15) is 0 Å². The number of carbonyl (C=O) groups is 2. The summed E-state index contributed by atoms with van der Waals surface area (Å²) in [7, 11) is 0. The summed E-state index contributed by atoms with van der Waals surface area (Å²) in [5.74, 6) is -0.877. The van der Waals surface area contributed by atoms with Gasteiger partial charge in [-0.3, -0.25) is 4.79 Å². The average molecular weight is 1300 g/mol. The summed E-state index contributed by atoms with van der Waals surface area (Å²) in [5, 5.41) is 43.5. The molecule has 97 heavy (non-hydrogen) atoms. The molecule has 3 spiro atoms. The number of fused-ring (bicyclic) bond motifs is 13. The van der Waals surface area contributed by atoms with E-state index in [1.54, 1.807) is 6.07 Å². The molecule has 1 aromatic heterocycles. The second-order valence-electron chi connectivity index (χ2n) is 31.7. The summed E-state index contributed by atoms with van der Waals surface area (Å²) < 4.78 is 35.1. The lowest BCUT2D eigenvalue weighted by Crippen LogP contribution is -2.65. The third kappa shape index (κ3) is 9.19. The molecule has 12 aliphatic rings. The van der Waals surface area contributed by atoms with Crippen molar-refractivity contribution in [3.05, 3.63) is 215 Å². The van der Waals surface area contributed by atoms with Crippen LogP contribution in [0.2, 0.25) is 0 Å². The van der Waals surface area contributed by atoms with Gasteiger partial charge in [0.05, 0.1) is 25.4 Å². The molecule has 4 saturated carbocycles. The van der Waals surface area contributed by atoms with Gasteiger partial charge in [-0.15, -0.1) is 0 Å². The maximum atomic E-state index is 16.5. The van der Waals surface area contributed by atoms with Gasteiger partial charge < -0.3 is 43.8 Å². The Balaban J connectivity index is 0.871. The highest BCUT2D eigenvalue weighted by Gasteiger charge is 2.71. The van der Waals surface area contributed by atoms with Crippen LogP contribution in [0, 0.1) is 40.4 Å². The Morgan fingerprint density at radius 2 is 1.56 bits per heavy atom. The van der Waals surface area contributed by atoms with Crippen molar-refractivity contribution in [3.63, 3.8) is 0 Å². The van der Waals surface area contributed by atoms with Gasteiger partial charge in [-0.05, 0) is 234 Å². The van der Waals surface area contributed by atoms with Crippen molar-refractivity contribution in [1.82, 2.24) is 0 Å². The standard InChI is InChI=1S/C85H90O12/c1-48(44-87)64-40-71-62-26-21-52-38-65(62)55(42-82(71)32-6-7-33-82)43-83-34-10-35-84(73(83)41-66-59-15-4-2-11-49(59)22-29-69(66)83)79(96-80(64)91)78(76-72(97-84)30-28-63-67(45-88)75(81(92)95-77(63)76)53(31-36-86)46-93-47-89)94-74(90)39-54-37-51(20-25-58(52)54)60-16-9-18-70-61(60)27-24-57-14-8-13-56-23-19-50-12-3-5-17-68(50)85(56,57)70/h2-5,9,11-12,15-23,25-26,28-30,38,51,53-58,66,69,71,73,78-79,86-89H,6-8,10,13-14,24,27,31-37,39-47H2,1H3/b64-48-/t51-,53+,54-,55-,56-,57-,58-,66-,69-,71+,73+,78+,79-,83+,84-,85-/m0/s1. The van der Waals surface area contributed by atoms with E-state index in [2.05, 4.69) is 121 Å².